The summed E-state index contributed by atoms with van der Waals surface area (Å²) in [5.41, 5.74) is 0. The molecule has 0 amide bonds. The minimum atomic E-state index is -1.86. The van der Waals surface area contributed by atoms with Crippen molar-refractivity contribution < 1.29 is 0 Å². The maximum atomic E-state index is 2.53. The van der Waals surface area contributed by atoms with Gasteiger partial charge in [0.25, 0.3) is 0 Å². The van der Waals surface area contributed by atoms with Gasteiger partial charge in [-0.1, -0.05) is 0 Å². The third-order valence-electron chi connectivity index (χ3n) is 3.26. The van der Waals surface area contributed by atoms with E-state index in [1.54, 1.807) is 18.5 Å². The Morgan fingerprint density at radius 2 is 1.27 bits per heavy atom. The Balaban J connectivity index is 2.38. The van der Waals surface area contributed by atoms with Crippen LogP contribution in [-0.2, 0) is 0 Å². The van der Waals surface area contributed by atoms with Crippen LogP contribution in [0.5, 0.6) is 0 Å². The fourth-order valence-electron chi connectivity index (χ4n) is 2.44. The number of rotatable bonds is 0. The van der Waals surface area contributed by atoms with Crippen molar-refractivity contribution in [3.05, 3.63) is 21.9 Å². The molecule has 78 valence electrons. The summed E-state index contributed by atoms with van der Waals surface area (Å²) in [7, 11) is 0. The second-order valence-corrected chi connectivity index (χ2v) is 16.4. The molecule has 0 unspecified atom stereocenters. The fourth-order valence-corrected chi connectivity index (χ4v) is 14.5. The quantitative estimate of drug-likeness (QED) is 0.655. The zero-order valence-corrected chi connectivity index (χ0v) is 13.2. The Kier molecular flexibility index (Phi) is 2.02. The molecule has 2 aromatic heterocycles. The van der Waals surface area contributed by atoms with Crippen LogP contribution in [0.1, 0.15) is 9.75 Å². The second kappa shape index (κ2) is 2.99. The molecular weight excluding hydrogens is 281 g/mol. The van der Waals surface area contributed by atoms with Crippen LogP contribution in [0.3, 0.4) is 0 Å². The van der Waals surface area contributed by atoms with Gasteiger partial charge in [-0.15, -0.1) is 0 Å². The van der Waals surface area contributed by atoms with E-state index in [2.05, 4.69) is 37.5 Å². The number of hydrogen-bond donors (Lipinski definition) is 0. The van der Waals surface area contributed by atoms with Gasteiger partial charge in [0.2, 0.25) is 0 Å². The summed E-state index contributed by atoms with van der Waals surface area (Å²) in [5, 5.41) is 0. The molecule has 0 saturated carbocycles. The molecular formula is C12H14GeS2. The van der Waals surface area contributed by atoms with E-state index in [1.165, 1.54) is 9.75 Å². The monoisotopic (exact) mass is 296 g/mol. The summed E-state index contributed by atoms with van der Waals surface area (Å²) in [6.45, 7) is 4.48. The van der Waals surface area contributed by atoms with Crippen molar-refractivity contribution in [1.82, 2.24) is 0 Å². The van der Waals surface area contributed by atoms with Crippen molar-refractivity contribution >= 4 is 44.7 Å². The third-order valence-corrected chi connectivity index (χ3v) is 13.6. The van der Waals surface area contributed by atoms with E-state index < -0.39 is 13.3 Å². The summed E-state index contributed by atoms with van der Waals surface area (Å²) in [4.78, 5) is 6.17. The van der Waals surface area contributed by atoms with Crippen molar-refractivity contribution in [3.63, 3.8) is 0 Å². The first-order chi connectivity index (χ1) is 7.00. The van der Waals surface area contributed by atoms with E-state index in [-0.39, 0.29) is 0 Å². The number of aryl methyl sites for hydroxylation is 2. The van der Waals surface area contributed by atoms with Crippen LogP contribution < -0.4 is 8.79 Å². The zero-order valence-electron chi connectivity index (χ0n) is 9.47. The molecule has 3 heterocycles. The van der Waals surface area contributed by atoms with E-state index >= 15 is 0 Å². The molecule has 0 saturated heterocycles. The maximum absolute atomic E-state index is 2.53. The normalized spacial score (nSPS) is 16.5. The van der Waals surface area contributed by atoms with Gasteiger partial charge in [0.1, 0.15) is 0 Å². The van der Waals surface area contributed by atoms with Crippen molar-refractivity contribution in [2.45, 2.75) is 25.4 Å². The number of fused-ring (bicyclic) bond motifs is 3. The van der Waals surface area contributed by atoms with Crippen molar-refractivity contribution in [3.8, 4) is 9.75 Å². The Morgan fingerprint density at radius 1 is 0.867 bits per heavy atom. The van der Waals surface area contributed by atoms with Gasteiger partial charge in [-0.05, 0) is 0 Å². The molecule has 0 aliphatic carbocycles. The molecule has 15 heavy (non-hydrogen) atoms. The zero-order chi connectivity index (χ0) is 10.8. The SMILES string of the molecule is Cc1c[c]2c(s1)-c1sc(C)c[c]1[Ge]2([CH3])[CH3]. The summed E-state index contributed by atoms with van der Waals surface area (Å²) >= 11 is 2.13. The standard InChI is InChI=1S/C12H14GeS2/c1-7-5-9-11(14-7)12-10(13(9,3)4)6-8(2)15-12/h5-6H,1-4H3. The molecule has 0 atom stereocenters. The van der Waals surface area contributed by atoms with Gasteiger partial charge in [-0.3, -0.25) is 0 Å². The van der Waals surface area contributed by atoms with Crippen LogP contribution >= 0.6 is 22.7 Å². The van der Waals surface area contributed by atoms with Gasteiger partial charge in [0.15, 0.2) is 0 Å². The minimum absolute atomic E-state index is 1.48. The van der Waals surface area contributed by atoms with E-state index in [0.29, 0.717) is 0 Å². The van der Waals surface area contributed by atoms with Crippen LogP contribution in [0, 0.1) is 13.8 Å². The predicted octanol–water partition coefficient (Wildman–Crippen LogP) is 3.23. The molecule has 0 radical (unpaired) electrons. The van der Waals surface area contributed by atoms with Crippen LogP contribution in [-0.4, -0.2) is 13.3 Å². The Morgan fingerprint density at radius 3 is 1.67 bits per heavy atom. The molecule has 0 bridgehead atoms. The molecule has 1 aliphatic rings. The van der Waals surface area contributed by atoms with Crippen molar-refractivity contribution in [2.75, 3.05) is 0 Å². The summed E-state index contributed by atoms with van der Waals surface area (Å²) < 4.78 is 3.44. The Hall–Kier alpha value is -0.0571. The van der Waals surface area contributed by atoms with Gasteiger partial charge in [-0.25, -0.2) is 0 Å². The summed E-state index contributed by atoms with van der Waals surface area (Å²) in [6, 6.07) is 4.89. The first kappa shape index (κ1) is 10.1. The molecule has 0 N–H and O–H groups in total. The molecule has 3 rings (SSSR count). The molecule has 0 nitrogen and oxygen atoms in total. The molecule has 0 fully saturated rings. The van der Waals surface area contributed by atoms with Crippen molar-refractivity contribution in [1.29, 1.82) is 0 Å². The molecule has 3 heteroatoms. The fraction of sp³-hybridized carbons (Fsp3) is 0.333. The van der Waals surface area contributed by atoms with Gasteiger partial charge in [-0.2, -0.15) is 0 Å². The van der Waals surface area contributed by atoms with E-state index in [0.717, 1.165) is 0 Å². The van der Waals surface area contributed by atoms with Gasteiger partial charge >= 0.3 is 102 Å². The Bertz CT molecular complexity index is 498. The molecule has 0 spiro atoms. The van der Waals surface area contributed by atoms with E-state index in [1.807, 2.05) is 22.7 Å². The molecule has 1 aliphatic heterocycles. The summed E-state index contributed by atoms with van der Waals surface area (Å²) in [6.07, 6.45) is 0. The summed E-state index contributed by atoms with van der Waals surface area (Å²) in [5.74, 6) is 5.06. The average molecular weight is 295 g/mol. The average Bonchev–Trinajstić information content (AvgIpc) is 2.72. The van der Waals surface area contributed by atoms with E-state index in [9.17, 15) is 0 Å². The second-order valence-electron chi connectivity index (χ2n) is 4.82. The number of hydrogen-bond acceptors (Lipinski definition) is 2. The molecule has 2 aromatic rings. The predicted molar refractivity (Wildman–Crippen MR) is 73.9 cm³/mol. The van der Waals surface area contributed by atoms with Gasteiger partial charge in [0, 0.05) is 0 Å². The van der Waals surface area contributed by atoms with Crippen molar-refractivity contribution in [2.24, 2.45) is 0 Å². The van der Waals surface area contributed by atoms with Gasteiger partial charge < -0.3 is 0 Å². The third kappa shape index (κ3) is 1.25. The van der Waals surface area contributed by atoms with Crippen LogP contribution in [0.2, 0.25) is 11.5 Å². The van der Waals surface area contributed by atoms with Crippen LogP contribution in [0.25, 0.3) is 9.75 Å². The topological polar surface area (TPSA) is 0 Å². The Labute approximate surface area is 101 Å². The number of thiophene rings is 2. The van der Waals surface area contributed by atoms with Crippen LogP contribution in [0.4, 0.5) is 0 Å². The molecule has 0 aromatic carbocycles. The van der Waals surface area contributed by atoms with Gasteiger partial charge in [0.05, 0.1) is 0 Å². The van der Waals surface area contributed by atoms with Crippen LogP contribution in [0.15, 0.2) is 12.1 Å². The van der Waals surface area contributed by atoms with E-state index in [4.69, 9.17) is 0 Å². The first-order valence-electron chi connectivity index (χ1n) is 5.22. The first-order valence-corrected chi connectivity index (χ1v) is 13.1.